The van der Waals surface area contributed by atoms with Gasteiger partial charge in [0.15, 0.2) is 0 Å². The van der Waals surface area contributed by atoms with Gasteiger partial charge < -0.3 is 25.0 Å². The molecule has 134 valence electrons. The van der Waals surface area contributed by atoms with Crippen LogP contribution in [0.3, 0.4) is 0 Å². The summed E-state index contributed by atoms with van der Waals surface area (Å²) < 4.78 is 10.7. The molecule has 2 aliphatic rings. The molecule has 0 spiro atoms. The van der Waals surface area contributed by atoms with Gasteiger partial charge in [-0.25, -0.2) is 0 Å². The Hall–Kier alpha value is -1.46. The van der Waals surface area contributed by atoms with E-state index in [0.29, 0.717) is 11.5 Å². The molecule has 5 nitrogen and oxygen atoms in total. The van der Waals surface area contributed by atoms with Crippen molar-refractivity contribution in [3.8, 4) is 11.5 Å². The molecule has 0 radical (unpaired) electrons. The SMILES string of the molecule is COc1cc(NC2CCCN(CC3(C)CCNC3)C2)cc(OC)c1. The highest BCUT2D eigenvalue weighted by atomic mass is 16.5. The third-order valence-corrected chi connectivity index (χ3v) is 5.29. The molecule has 0 aromatic heterocycles. The zero-order valence-electron chi connectivity index (χ0n) is 15.2. The van der Waals surface area contributed by atoms with E-state index in [4.69, 9.17) is 9.47 Å². The van der Waals surface area contributed by atoms with Gasteiger partial charge in [-0.2, -0.15) is 0 Å². The van der Waals surface area contributed by atoms with Gasteiger partial charge in [0.05, 0.1) is 14.2 Å². The average Bonchev–Trinajstić information content (AvgIpc) is 3.00. The van der Waals surface area contributed by atoms with Crippen LogP contribution in [0, 0.1) is 5.41 Å². The first-order chi connectivity index (χ1) is 11.6. The standard InChI is InChI=1S/C19H31N3O2/c1-19(6-7-20-13-19)14-22-8-4-5-15(12-22)21-16-9-17(23-2)11-18(10-16)24-3/h9-11,15,20-21H,4-8,12-14H2,1-3H3. The maximum atomic E-state index is 5.37. The van der Waals surface area contributed by atoms with E-state index in [1.54, 1.807) is 14.2 Å². The van der Waals surface area contributed by atoms with Crippen molar-refractivity contribution in [3.05, 3.63) is 18.2 Å². The van der Waals surface area contributed by atoms with Crippen LogP contribution >= 0.6 is 0 Å². The Bertz CT molecular complexity index is 521. The molecule has 2 aliphatic heterocycles. The van der Waals surface area contributed by atoms with Crippen molar-refractivity contribution in [2.75, 3.05) is 52.3 Å². The predicted octanol–water partition coefficient (Wildman–Crippen LogP) is 2.58. The van der Waals surface area contributed by atoms with Crippen LogP contribution in [0.15, 0.2) is 18.2 Å². The summed E-state index contributed by atoms with van der Waals surface area (Å²) >= 11 is 0. The van der Waals surface area contributed by atoms with Gasteiger partial charge in [0, 0.05) is 49.6 Å². The minimum atomic E-state index is 0.432. The number of hydrogen-bond donors (Lipinski definition) is 2. The van der Waals surface area contributed by atoms with Crippen molar-refractivity contribution in [2.24, 2.45) is 5.41 Å². The van der Waals surface area contributed by atoms with Crippen molar-refractivity contribution >= 4 is 5.69 Å². The molecule has 5 heteroatoms. The first-order valence-corrected chi connectivity index (χ1v) is 9.03. The summed E-state index contributed by atoms with van der Waals surface area (Å²) in [5.41, 5.74) is 1.51. The minimum Gasteiger partial charge on any atom is -0.497 e. The van der Waals surface area contributed by atoms with Crippen molar-refractivity contribution < 1.29 is 9.47 Å². The molecule has 2 saturated heterocycles. The molecule has 1 aromatic rings. The summed E-state index contributed by atoms with van der Waals surface area (Å²) in [4.78, 5) is 2.63. The fourth-order valence-corrected chi connectivity index (χ4v) is 3.99. The van der Waals surface area contributed by atoms with Gasteiger partial charge >= 0.3 is 0 Å². The van der Waals surface area contributed by atoms with E-state index < -0.39 is 0 Å². The normalized spacial score (nSPS) is 27.9. The topological polar surface area (TPSA) is 45.8 Å². The Labute approximate surface area is 145 Å². The number of benzene rings is 1. The number of methoxy groups -OCH3 is 2. The molecule has 2 fully saturated rings. The predicted molar refractivity (Wildman–Crippen MR) is 98.2 cm³/mol. The molecular weight excluding hydrogens is 302 g/mol. The number of nitrogens with one attached hydrogen (secondary N) is 2. The van der Waals surface area contributed by atoms with Gasteiger partial charge in [0.1, 0.15) is 11.5 Å². The molecule has 2 N–H and O–H groups in total. The second kappa shape index (κ2) is 7.62. The lowest BCUT2D eigenvalue weighted by molar-refractivity contribution is 0.146. The van der Waals surface area contributed by atoms with E-state index in [0.717, 1.165) is 36.8 Å². The Balaban J connectivity index is 1.61. The van der Waals surface area contributed by atoms with Gasteiger partial charge in [-0.3, -0.25) is 0 Å². The Morgan fingerprint density at radius 3 is 2.62 bits per heavy atom. The second-order valence-corrected chi connectivity index (χ2v) is 7.56. The molecule has 0 bridgehead atoms. The van der Waals surface area contributed by atoms with E-state index in [-0.39, 0.29) is 0 Å². The molecule has 2 heterocycles. The smallest absolute Gasteiger partial charge is 0.124 e. The van der Waals surface area contributed by atoms with E-state index >= 15 is 0 Å². The van der Waals surface area contributed by atoms with Crippen LogP contribution in [0.5, 0.6) is 11.5 Å². The number of rotatable bonds is 6. The summed E-state index contributed by atoms with van der Waals surface area (Å²) in [5.74, 6) is 1.66. The van der Waals surface area contributed by atoms with Crippen LogP contribution in [0.25, 0.3) is 0 Å². The lowest BCUT2D eigenvalue weighted by Gasteiger charge is -2.38. The van der Waals surface area contributed by atoms with Crippen LogP contribution in [-0.4, -0.2) is 57.9 Å². The van der Waals surface area contributed by atoms with Gasteiger partial charge in [-0.05, 0) is 37.8 Å². The molecule has 24 heavy (non-hydrogen) atoms. The molecule has 2 atom stereocenters. The third-order valence-electron chi connectivity index (χ3n) is 5.29. The highest BCUT2D eigenvalue weighted by Crippen LogP contribution is 2.29. The fourth-order valence-electron chi connectivity index (χ4n) is 3.99. The summed E-state index contributed by atoms with van der Waals surface area (Å²) in [5, 5.41) is 7.19. The number of likely N-dealkylation sites (tertiary alicyclic amines) is 1. The van der Waals surface area contributed by atoms with E-state index in [1.165, 1.54) is 32.4 Å². The fraction of sp³-hybridized carbons (Fsp3) is 0.684. The van der Waals surface area contributed by atoms with Gasteiger partial charge in [-0.15, -0.1) is 0 Å². The molecule has 2 unspecified atom stereocenters. The van der Waals surface area contributed by atoms with E-state index in [9.17, 15) is 0 Å². The lowest BCUT2D eigenvalue weighted by atomic mass is 9.88. The van der Waals surface area contributed by atoms with Crippen molar-refractivity contribution in [1.29, 1.82) is 0 Å². The highest BCUT2D eigenvalue weighted by Gasteiger charge is 2.32. The van der Waals surface area contributed by atoms with Crippen molar-refractivity contribution in [1.82, 2.24) is 10.2 Å². The lowest BCUT2D eigenvalue weighted by Crippen LogP contribution is -2.46. The van der Waals surface area contributed by atoms with Gasteiger partial charge in [0.25, 0.3) is 0 Å². The van der Waals surface area contributed by atoms with Gasteiger partial charge in [0.2, 0.25) is 0 Å². The largest absolute Gasteiger partial charge is 0.497 e. The first-order valence-electron chi connectivity index (χ1n) is 9.03. The number of ether oxygens (including phenoxy) is 2. The highest BCUT2D eigenvalue weighted by molar-refractivity contribution is 5.54. The number of hydrogen-bond acceptors (Lipinski definition) is 5. The van der Waals surface area contributed by atoms with Crippen LogP contribution in [0.2, 0.25) is 0 Å². The molecule has 0 amide bonds. The zero-order chi connectivity index (χ0) is 17.0. The summed E-state index contributed by atoms with van der Waals surface area (Å²) in [6.45, 7) is 8.24. The average molecular weight is 333 g/mol. The number of nitrogens with zero attached hydrogens (tertiary/aromatic N) is 1. The number of piperidine rings is 1. The van der Waals surface area contributed by atoms with Gasteiger partial charge in [-0.1, -0.05) is 6.92 Å². The maximum Gasteiger partial charge on any atom is 0.124 e. The summed E-state index contributed by atoms with van der Waals surface area (Å²) in [6.07, 6.45) is 3.75. The van der Waals surface area contributed by atoms with Crippen molar-refractivity contribution in [3.63, 3.8) is 0 Å². The molecular formula is C19H31N3O2. The summed E-state index contributed by atoms with van der Waals surface area (Å²) in [6, 6.07) is 6.48. The van der Waals surface area contributed by atoms with Crippen LogP contribution in [-0.2, 0) is 0 Å². The maximum absolute atomic E-state index is 5.37. The van der Waals surface area contributed by atoms with Crippen LogP contribution < -0.4 is 20.1 Å². The van der Waals surface area contributed by atoms with E-state index in [2.05, 4.69) is 22.5 Å². The molecule has 0 aliphatic carbocycles. The monoisotopic (exact) mass is 333 g/mol. The van der Waals surface area contributed by atoms with E-state index in [1.807, 2.05) is 18.2 Å². The van der Waals surface area contributed by atoms with Crippen molar-refractivity contribution in [2.45, 2.75) is 32.2 Å². The Morgan fingerprint density at radius 1 is 1.25 bits per heavy atom. The minimum absolute atomic E-state index is 0.432. The summed E-state index contributed by atoms with van der Waals surface area (Å²) in [7, 11) is 3.38. The van der Waals surface area contributed by atoms with Crippen LogP contribution in [0.1, 0.15) is 26.2 Å². The quantitative estimate of drug-likeness (QED) is 0.838. The third kappa shape index (κ3) is 4.33. The number of anilines is 1. The van der Waals surface area contributed by atoms with Crippen LogP contribution in [0.4, 0.5) is 5.69 Å². The molecule has 0 saturated carbocycles. The second-order valence-electron chi connectivity index (χ2n) is 7.56. The Kier molecular flexibility index (Phi) is 5.51. The first kappa shape index (κ1) is 17.4. The Morgan fingerprint density at radius 2 is 2.00 bits per heavy atom. The zero-order valence-corrected chi connectivity index (χ0v) is 15.2. The molecule has 1 aromatic carbocycles. The molecule has 3 rings (SSSR count).